The van der Waals surface area contributed by atoms with Crippen LogP contribution in [0.15, 0.2) is 57.1 Å². The van der Waals surface area contributed by atoms with Gasteiger partial charge < -0.3 is 5.32 Å². The number of halogens is 1. The van der Waals surface area contributed by atoms with Crippen LogP contribution in [0.2, 0.25) is 0 Å². The highest BCUT2D eigenvalue weighted by Crippen LogP contribution is 2.26. The third-order valence-corrected chi connectivity index (χ3v) is 3.66. The second-order valence-electron chi connectivity index (χ2n) is 4.69. The summed E-state index contributed by atoms with van der Waals surface area (Å²) in [5.41, 5.74) is 2.22. The van der Waals surface area contributed by atoms with Crippen molar-refractivity contribution < 1.29 is 9.72 Å². The number of fused-ring (bicyclic) bond motifs is 1. The average molecular weight is 373 g/mol. The summed E-state index contributed by atoms with van der Waals surface area (Å²) in [6.07, 6.45) is 1.43. The van der Waals surface area contributed by atoms with Crippen molar-refractivity contribution in [1.82, 2.24) is 0 Å². The van der Waals surface area contributed by atoms with Crippen molar-refractivity contribution in [3.8, 4) is 0 Å². The van der Waals surface area contributed by atoms with Crippen LogP contribution in [-0.2, 0) is 4.79 Å². The monoisotopic (exact) mass is 372 g/mol. The van der Waals surface area contributed by atoms with Gasteiger partial charge in [0, 0.05) is 22.2 Å². The highest BCUT2D eigenvalue weighted by atomic mass is 79.9. The minimum absolute atomic E-state index is 0.00223. The van der Waals surface area contributed by atoms with E-state index in [2.05, 4.69) is 31.4 Å². The molecule has 2 aromatic carbocycles. The Labute approximate surface area is 139 Å². The Morgan fingerprint density at radius 3 is 2.61 bits per heavy atom. The van der Waals surface area contributed by atoms with Gasteiger partial charge in [0.25, 0.3) is 11.6 Å². The Hall–Kier alpha value is -2.87. The largest absolute Gasteiger partial charge is 0.320 e. The van der Waals surface area contributed by atoms with Gasteiger partial charge in [-0.05, 0) is 35.9 Å². The number of nitro groups is 1. The molecule has 1 aliphatic rings. The second kappa shape index (κ2) is 6.09. The molecule has 0 unspecified atom stereocenters. The van der Waals surface area contributed by atoms with Gasteiger partial charge in [0.2, 0.25) is 0 Å². The van der Waals surface area contributed by atoms with Crippen molar-refractivity contribution >= 4 is 45.1 Å². The van der Waals surface area contributed by atoms with Crippen molar-refractivity contribution in [3.05, 3.63) is 68.2 Å². The topological polar surface area (TPSA) is 97.0 Å². The Balaban J connectivity index is 1.84. The smallest absolute Gasteiger partial charge is 0.276 e. The molecule has 1 heterocycles. The van der Waals surface area contributed by atoms with Gasteiger partial charge in [-0.3, -0.25) is 14.9 Å². The maximum Gasteiger partial charge on any atom is 0.276 e. The standard InChI is InChI=1S/C15H9BrN4O3/c16-10-3-6-13-12(7-10)14(15(21)18-13)19-17-8-9-1-4-11(5-2-9)20(22)23/h1-8H,(H,18,19,21)/b17-8+. The van der Waals surface area contributed by atoms with Gasteiger partial charge >= 0.3 is 0 Å². The fraction of sp³-hybridized carbons (Fsp3) is 0. The number of nitro benzene ring substituents is 1. The van der Waals surface area contributed by atoms with Crippen LogP contribution < -0.4 is 5.32 Å². The Morgan fingerprint density at radius 2 is 1.91 bits per heavy atom. The molecule has 1 amide bonds. The first kappa shape index (κ1) is 15.0. The molecule has 2 aromatic rings. The first-order valence-corrected chi connectivity index (χ1v) is 7.30. The molecule has 0 fully saturated rings. The predicted octanol–water partition coefficient (Wildman–Crippen LogP) is 3.13. The predicted molar refractivity (Wildman–Crippen MR) is 90.0 cm³/mol. The third kappa shape index (κ3) is 3.16. The number of nitrogens with zero attached hydrogens (tertiary/aromatic N) is 3. The number of nitrogens with one attached hydrogen (secondary N) is 1. The maximum atomic E-state index is 11.9. The van der Waals surface area contributed by atoms with E-state index in [1.54, 1.807) is 24.3 Å². The fourth-order valence-electron chi connectivity index (χ4n) is 2.06. The SMILES string of the molecule is O=C1Nc2ccc(Br)cc2/C1=N/N=C/c1ccc([N+](=O)[O-])cc1. The lowest BCUT2D eigenvalue weighted by molar-refractivity contribution is -0.384. The van der Waals surface area contributed by atoms with Crippen molar-refractivity contribution in [1.29, 1.82) is 0 Å². The normalized spacial score (nSPS) is 15.0. The molecular weight excluding hydrogens is 364 g/mol. The number of carbonyl (C=O) groups excluding carboxylic acids is 1. The number of benzene rings is 2. The van der Waals surface area contributed by atoms with Crippen molar-refractivity contribution in [2.24, 2.45) is 10.2 Å². The van der Waals surface area contributed by atoms with Crippen LogP contribution in [-0.4, -0.2) is 22.8 Å². The fourth-order valence-corrected chi connectivity index (χ4v) is 2.42. The lowest BCUT2D eigenvalue weighted by Crippen LogP contribution is -2.13. The first-order chi connectivity index (χ1) is 11.0. The molecule has 0 atom stereocenters. The molecule has 0 saturated heterocycles. The zero-order chi connectivity index (χ0) is 16.4. The molecule has 0 bridgehead atoms. The van der Waals surface area contributed by atoms with Crippen LogP contribution in [0.25, 0.3) is 0 Å². The molecule has 8 heteroatoms. The zero-order valence-corrected chi connectivity index (χ0v) is 13.1. The van der Waals surface area contributed by atoms with E-state index in [1.165, 1.54) is 18.3 Å². The van der Waals surface area contributed by atoms with Gasteiger partial charge in [0.05, 0.1) is 16.8 Å². The summed E-state index contributed by atoms with van der Waals surface area (Å²) in [6, 6.07) is 11.3. The van der Waals surface area contributed by atoms with Gasteiger partial charge in [0.15, 0.2) is 5.71 Å². The van der Waals surface area contributed by atoms with E-state index in [9.17, 15) is 14.9 Å². The van der Waals surface area contributed by atoms with Crippen LogP contribution in [0.3, 0.4) is 0 Å². The maximum absolute atomic E-state index is 11.9. The van der Waals surface area contributed by atoms with Gasteiger partial charge in [-0.1, -0.05) is 15.9 Å². The molecule has 0 spiro atoms. The summed E-state index contributed by atoms with van der Waals surface area (Å²) in [5.74, 6) is -0.320. The summed E-state index contributed by atoms with van der Waals surface area (Å²) in [7, 11) is 0. The molecule has 7 nitrogen and oxygen atoms in total. The van der Waals surface area contributed by atoms with Crippen LogP contribution in [0, 0.1) is 10.1 Å². The Morgan fingerprint density at radius 1 is 1.17 bits per heavy atom. The molecule has 1 N–H and O–H groups in total. The lowest BCUT2D eigenvalue weighted by atomic mass is 10.1. The lowest BCUT2D eigenvalue weighted by Gasteiger charge is -1.97. The van der Waals surface area contributed by atoms with Gasteiger partial charge in [-0.2, -0.15) is 5.10 Å². The number of rotatable bonds is 3. The average Bonchev–Trinajstić information content (AvgIpc) is 2.83. The van der Waals surface area contributed by atoms with Gasteiger partial charge in [-0.25, -0.2) is 0 Å². The molecule has 0 saturated carbocycles. The highest BCUT2D eigenvalue weighted by Gasteiger charge is 2.26. The molecule has 0 aromatic heterocycles. The van der Waals surface area contributed by atoms with Crippen molar-refractivity contribution in [2.75, 3.05) is 5.32 Å². The van der Waals surface area contributed by atoms with Crippen LogP contribution in [0.4, 0.5) is 11.4 Å². The number of carbonyl (C=O) groups is 1. The molecular formula is C15H9BrN4O3. The van der Waals surface area contributed by atoms with Crippen molar-refractivity contribution in [3.63, 3.8) is 0 Å². The number of non-ortho nitro benzene ring substituents is 1. The summed E-state index contributed by atoms with van der Waals surface area (Å²) in [4.78, 5) is 22.0. The van der Waals surface area contributed by atoms with Gasteiger partial charge in [0.1, 0.15) is 0 Å². The van der Waals surface area contributed by atoms with Crippen LogP contribution >= 0.6 is 15.9 Å². The van der Waals surface area contributed by atoms with E-state index in [1.807, 2.05) is 6.07 Å². The molecule has 1 aliphatic heterocycles. The summed E-state index contributed by atoms with van der Waals surface area (Å²) < 4.78 is 0.833. The first-order valence-electron chi connectivity index (χ1n) is 6.51. The molecule has 0 radical (unpaired) electrons. The second-order valence-corrected chi connectivity index (χ2v) is 5.60. The highest BCUT2D eigenvalue weighted by molar-refractivity contribution is 9.10. The number of anilines is 1. The molecule has 114 valence electrons. The van der Waals surface area contributed by atoms with Crippen LogP contribution in [0.5, 0.6) is 0 Å². The van der Waals surface area contributed by atoms with E-state index in [-0.39, 0.29) is 17.3 Å². The summed E-state index contributed by atoms with van der Waals surface area (Å²) in [6.45, 7) is 0. The Kier molecular flexibility index (Phi) is 3.98. The number of amides is 1. The molecule has 23 heavy (non-hydrogen) atoms. The quantitative estimate of drug-likeness (QED) is 0.509. The number of hydrogen-bond donors (Lipinski definition) is 1. The minimum Gasteiger partial charge on any atom is -0.320 e. The van der Waals surface area contributed by atoms with Crippen molar-refractivity contribution in [2.45, 2.75) is 0 Å². The van der Waals surface area contributed by atoms with E-state index in [4.69, 9.17) is 0 Å². The van der Waals surface area contributed by atoms with E-state index in [0.717, 1.165) is 4.47 Å². The Bertz CT molecular complexity index is 860. The molecule has 0 aliphatic carbocycles. The third-order valence-electron chi connectivity index (χ3n) is 3.17. The summed E-state index contributed by atoms with van der Waals surface area (Å²) >= 11 is 3.35. The van der Waals surface area contributed by atoms with E-state index < -0.39 is 4.92 Å². The number of hydrogen-bond acceptors (Lipinski definition) is 5. The van der Waals surface area contributed by atoms with Crippen LogP contribution in [0.1, 0.15) is 11.1 Å². The van der Waals surface area contributed by atoms with E-state index >= 15 is 0 Å². The van der Waals surface area contributed by atoms with Gasteiger partial charge in [-0.15, -0.1) is 5.10 Å². The van der Waals surface area contributed by atoms with E-state index in [0.29, 0.717) is 16.8 Å². The zero-order valence-electron chi connectivity index (χ0n) is 11.6. The minimum atomic E-state index is -0.473. The summed E-state index contributed by atoms with van der Waals surface area (Å²) in [5, 5.41) is 21.1. The molecule has 3 rings (SSSR count).